The fraction of sp³-hybridized carbons (Fsp3) is 0.348. The molecule has 1 saturated heterocycles. The van der Waals surface area contributed by atoms with Crippen molar-refractivity contribution in [2.24, 2.45) is 5.92 Å². The second-order valence-electron chi connectivity index (χ2n) is 7.46. The largest absolute Gasteiger partial charge is 0.497 e. The minimum Gasteiger partial charge on any atom is -0.497 e. The van der Waals surface area contributed by atoms with Gasteiger partial charge in [0.15, 0.2) is 5.76 Å². The number of hydrogen-bond acceptors (Lipinski definition) is 8. The van der Waals surface area contributed by atoms with Crippen molar-refractivity contribution in [3.63, 3.8) is 0 Å². The first-order valence-electron chi connectivity index (χ1n) is 10.3. The van der Waals surface area contributed by atoms with Gasteiger partial charge in [-0.05, 0) is 42.7 Å². The van der Waals surface area contributed by atoms with Crippen molar-refractivity contribution in [3.05, 3.63) is 47.9 Å². The highest BCUT2D eigenvalue weighted by Crippen LogP contribution is 2.31. The van der Waals surface area contributed by atoms with Crippen LogP contribution in [0.4, 0.5) is 5.88 Å². The average Bonchev–Trinajstić information content (AvgIpc) is 3.52. The molecule has 0 bridgehead atoms. The maximum atomic E-state index is 12.7. The predicted molar refractivity (Wildman–Crippen MR) is 115 cm³/mol. The number of nitrogens with zero attached hydrogens (tertiary/aromatic N) is 3. The van der Waals surface area contributed by atoms with Crippen LogP contribution in [0.3, 0.4) is 0 Å². The van der Waals surface area contributed by atoms with E-state index < -0.39 is 0 Å². The predicted octanol–water partition coefficient (Wildman–Crippen LogP) is 3.36. The number of amides is 1. The van der Waals surface area contributed by atoms with Crippen LogP contribution in [0.25, 0.3) is 11.7 Å². The summed E-state index contributed by atoms with van der Waals surface area (Å²) in [6.45, 7) is 1.57. The minimum absolute atomic E-state index is 0.000730. The number of methoxy groups -OCH3 is 2. The van der Waals surface area contributed by atoms with Gasteiger partial charge in [0.25, 0.3) is 5.89 Å². The van der Waals surface area contributed by atoms with Gasteiger partial charge in [-0.2, -0.15) is 10.2 Å². The summed E-state index contributed by atoms with van der Waals surface area (Å²) < 4.78 is 21.7. The Hall–Kier alpha value is -3.93. The van der Waals surface area contributed by atoms with Crippen LogP contribution >= 0.6 is 0 Å². The Bertz CT molecular complexity index is 1090. The normalized spacial score (nSPS) is 14.1. The highest BCUT2D eigenvalue weighted by Gasteiger charge is 2.29. The molecule has 9 heteroatoms. The number of carbonyl (C=O) groups is 1. The molecule has 1 aliphatic heterocycles. The molecule has 1 amide bonds. The van der Waals surface area contributed by atoms with Gasteiger partial charge >= 0.3 is 0 Å². The first kappa shape index (κ1) is 21.3. The van der Waals surface area contributed by atoms with Crippen LogP contribution < -0.4 is 19.7 Å². The first-order chi connectivity index (χ1) is 15.6. The molecule has 4 rings (SSSR count). The van der Waals surface area contributed by atoms with E-state index in [1.807, 2.05) is 17.0 Å². The van der Waals surface area contributed by atoms with Gasteiger partial charge in [-0.1, -0.05) is 0 Å². The van der Waals surface area contributed by atoms with Crippen LogP contribution in [-0.2, 0) is 11.3 Å². The summed E-state index contributed by atoms with van der Waals surface area (Å²) in [6.07, 6.45) is 2.82. The number of nitrogens with one attached hydrogen (secondary N) is 1. The van der Waals surface area contributed by atoms with Gasteiger partial charge in [-0.25, -0.2) is 0 Å². The van der Waals surface area contributed by atoms with Crippen molar-refractivity contribution >= 4 is 11.8 Å². The van der Waals surface area contributed by atoms with Crippen LogP contribution in [0.1, 0.15) is 24.1 Å². The third-order valence-corrected chi connectivity index (χ3v) is 5.48. The van der Waals surface area contributed by atoms with E-state index in [9.17, 15) is 10.1 Å². The number of furan rings is 1. The van der Waals surface area contributed by atoms with Crippen LogP contribution in [0.15, 0.2) is 45.4 Å². The van der Waals surface area contributed by atoms with Gasteiger partial charge in [0.1, 0.15) is 17.6 Å². The molecule has 3 aromatic rings. The number of ether oxygens (including phenoxy) is 2. The molecule has 0 atom stereocenters. The first-order valence-corrected chi connectivity index (χ1v) is 10.3. The molecule has 166 valence electrons. The zero-order valence-corrected chi connectivity index (χ0v) is 18.0. The summed E-state index contributed by atoms with van der Waals surface area (Å²) in [5.74, 6) is 2.40. The average molecular weight is 436 g/mol. The Balaban J connectivity index is 1.35. The zero-order valence-electron chi connectivity index (χ0n) is 18.0. The van der Waals surface area contributed by atoms with E-state index in [-0.39, 0.29) is 23.4 Å². The lowest BCUT2D eigenvalue weighted by atomic mass is 9.96. The van der Waals surface area contributed by atoms with Crippen molar-refractivity contribution < 1.29 is 23.1 Å². The van der Waals surface area contributed by atoms with E-state index in [2.05, 4.69) is 16.4 Å². The minimum atomic E-state index is -0.114. The molecule has 9 nitrogen and oxygen atoms in total. The van der Waals surface area contributed by atoms with Gasteiger partial charge in [-0.15, -0.1) is 0 Å². The van der Waals surface area contributed by atoms with Crippen LogP contribution in [0.2, 0.25) is 0 Å². The number of piperidine rings is 1. The topological polar surface area (TPSA) is 114 Å². The molecule has 0 saturated carbocycles. The Kier molecular flexibility index (Phi) is 6.31. The third-order valence-electron chi connectivity index (χ3n) is 5.48. The molecular weight excluding hydrogens is 412 g/mol. The summed E-state index contributed by atoms with van der Waals surface area (Å²) in [7, 11) is 3.18. The number of hydrogen-bond donors (Lipinski definition) is 1. The van der Waals surface area contributed by atoms with E-state index in [0.717, 1.165) is 5.56 Å². The van der Waals surface area contributed by atoms with E-state index in [1.165, 1.54) is 6.26 Å². The number of nitriles is 1. The molecular formula is C23H24N4O5. The lowest BCUT2D eigenvalue weighted by molar-refractivity contribution is -0.125. The molecule has 0 unspecified atom stereocenters. The molecule has 2 aromatic heterocycles. The van der Waals surface area contributed by atoms with Crippen molar-refractivity contribution in [2.75, 3.05) is 32.2 Å². The summed E-state index contributed by atoms with van der Waals surface area (Å²) in [6, 6.07) is 11.1. The Morgan fingerprint density at radius 2 is 1.97 bits per heavy atom. The maximum Gasteiger partial charge on any atom is 0.266 e. The molecule has 1 N–H and O–H groups in total. The third kappa shape index (κ3) is 4.54. The monoisotopic (exact) mass is 436 g/mol. The summed E-state index contributed by atoms with van der Waals surface area (Å²) in [5.41, 5.74) is 1.11. The van der Waals surface area contributed by atoms with Crippen LogP contribution in [0.5, 0.6) is 11.5 Å². The quantitative estimate of drug-likeness (QED) is 0.600. The number of rotatable bonds is 7. The zero-order chi connectivity index (χ0) is 22.5. The summed E-state index contributed by atoms with van der Waals surface area (Å²) in [5, 5.41) is 12.4. The lowest BCUT2D eigenvalue weighted by Gasteiger charge is -2.31. The molecule has 1 fully saturated rings. The number of oxazole rings is 1. The van der Waals surface area contributed by atoms with Crippen molar-refractivity contribution in [3.8, 4) is 29.2 Å². The second kappa shape index (κ2) is 9.47. The van der Waals surface area contributed by atoms with Crippen molar-refractivity contribution in [1.29, 1.82) is 5.26 Å². The number of anilines is 1. The van der Waals surface area contributed by atoms with Gasteiger partial charge < -0.3 is 28.5 Å². The molecule has 32 heavy (non-hydrogen) atoms. The molecule has 0 spiro atoms. The summed E-state index contributed by atoms with van der Waals surface area (Å²) >= 11 is 0. The molecule has 0 radical (unpaired) electrons. The van der Waals surface area contributed by atoms with E-state index in [4.69, 9.17) is 18.3 Å². The van der Waals surface area contributed by atoms with E-state index in [1.54, 1.807) is 32.4 Å². The van der Waals surface area contributed by atoms with Gasteiger partial charge in [0, 0.05) is 31.6 Å². The highest BCUT2D eigenvalue weighted by atomic mass is 16.5. The van der Waals surface area contributed by atoms with E-state index >= 15 is 0 Å². The number of aromatic nitrogens is 1. The molecule has 1 aliphatic rings. The standard InChI is InChI=1S/C23H24N4O5/c1-29-17-10-15(11-18(12-17)30-2)14-25-21(28)16-5-7-27(8-6-16)23-19(13-24)26-22(32-23)20-4-3-9-31-20/h3-4,9-12,16H,5-8,14H2,1-2H3,(H,25,28). The SMILES string of the molecule is COc1cc(CNC(=O)C2CCN(c3oc(-c4ccco4)nc3C#N)CC2)cc(OC)c1. The van der Waals surface area contributed by atoms with Crippen LogP contribution in [0, 0.1) is 17.2 Å². The fourth-order valence-corrected chi connectivity index (χ4v) is 3.75. The highest BCUT2D eigenvalue weighted by molar-refractivity contribution is 5.79. The number of carbonyl (C=O) groups excluding carboxylic acids is 1. The van der Waals surface area contributed by atoms with Gasteiger partial charge in [0.2, 0.25) is 17.5 Å². The maximum absolute atomic E-state index is 12.7. The van der Waals surface area contributed by atoms with Gasteiger partial charge in [-0.3, -0.25) is 4.79 Å². The van der Waals surface area contributed by atoms with Crippen molar-refractivity contribution in [2.45, 2.75) is 19.4 Å². The number of benzene rings is 1. The van der Waals surface area contributed by atoms with Crippen molar-refractivity contribution in [1.82, 2.24) is 10.3 Å². The Labute approximate surface area is 185 Å². The summed E-state index contributed by atoms with van der Waals surface area (Å²) in [4.78, 5) is 18.9. The fourth-order valence-electron chi connectivity index (χ4n) is 3.75. The van der Waals surface area contributed by atoms with Gasteiger partial charge in [0.05, 0.1) is 20.5 Å². The molecule has 0 aliphatic carbocycles. The Morgan fingerprint density at radius 1 is 1.25 bits per heavy atom. The second-order valence-corrected chi connectivity index (χ2v) is 7.46. The van der Waals surface area contributed by atoms with Crippen LogP contribution in [-0.4, -0.2) is 38.2 Å². The molecule has 1 aromatic carbocycles. The molecule has 3 heterocycles. The van der Waals surface area contributed by atoms with E-state index in [0.29, 0.717) is 55.6 Å². The lowest BCUT2D eigenvalue weighted by Crippen LogP contribution is -2.40. The Morgan fingerprint density at radius 3 is 2.56 bits per heavy atom. The smallest absolute Gasteiger partial charge is 0.266 e.